The Bertz CT molecular complexity index is 586. The zero-order chi connectivity index (χ0) is 15.8. The van der Waals surface area contributed by atoms with Crippen molar-refractivity contribution in [2.24, 2.45) is 0 Å². The van der Waals surface area contributed by atoms with Gasteiger partial charge in [-0.1, -0.05) is 30.0 Å². The molecule has 0 unspecified atom stereocenters. The van der Waals surface area contributed by atoms with Crippen LogP contribution in [-0.2, 0) is 10.5 Å². The summed E-state index contributed by atoms with van der Waals surface area (Å²) in [5.74, 6) is 2.17. The lowest BCUT2D eigenvalue weighted by Gasteiger charge is -2.13. The maximum Gasteiger partial charge on any atom is 0.282 e. The predicted molar refractivity (Wildman–Crippen MR) is 89.8 cm³/mol. The lowest BCUT2D eigenvalue weighted by atomic mass is 10.1. The SMILES string of the molecule is N#Cc1ccccc1CSCCNC(=O)CN1CCSC1=O. The summed E-state index contributed by atoms with van der Waals surface area (Å²) in [7, 11) is 0. The first-order chi connectivity index (χ1) is 10.7. The van der Waals surface area contributed by atoms with Gasteiger partial charge in [-0.15, -0.1) is 0 Å². The van der Waals surface area contributed by atoms with Gasteiger partial charge in [-0.2, -0.15) is 17.0 Å². The Morgan fingerprint density at radius 2 is 2.27 bits per heavy atom. The van der Waals surface area contributed by atoms with E-state index in [9.17, 15) is 9.59 Å². The Labute approximate surface area is 138 Å². The molecule has 2 amide bonds. The molecule has 116 valence electrons. The molecule has 0 aromatic heterocycles. The quantitative estimate of drug-likeness (QED) is 0.772. The maximum atomic E-state index is 11.7. The second-order valence-electron chi connectivity index (χ2n) is 4.71. The molecule has 1 fully saturated rings. The Hall–Kier alpha value is -1.65. The molecule has 1 heterocycles. The van der Waals surface area contributed by atoms with Gasteiger partial charge in [0, 0.05) is 30.3 Å². The number of nitriles is 1. The molecular weight excluding hydrogens is 318 g/mol. The minimum Gasteiger partial charge on any atom is -0.354 e. The van der Waals surface area contributed by atoms with Gasteiger partial charge in [-0.25, -0.2) is 0 Å². The van der Waals surface area contributed by atoms with E-state index in [0.717, 1.165) is 22.8 Å². The lowest BCUT2D eigenvalue weighted by molar-refractivity contribution is -0.121. The minimum atomic E-state index is -0.117. The molecule has 7 heteroatoms. The van der Waals surface area contributed by atoms with Crippen LogP contribution in [0.5, 0.6) is 0 Å². The molecule has 1 saturated heterocycles. The number of hydrogen-bond donors (Lipinski definition) is 1. The maximum absolute atomic E-state index is 11.7. The summed E-state index contributed by atoms with van der Waals surface area (Å²) in [6.07, 6.45) is 0. The van der Waals surface area contributed by atoms with E-state index in [1.54, 1.807) is 16.7 Å². The summed E-state index contributed by atoms with van der Waals surface area (Å²) in [6, 6.07) is 9.70. The first kappa shape index (κ1) is 16.7. The number of benzene rings is 1. The molecule has 0 saturated carbocycles. The number of nitrogens with zero attached hydrogens (tertiary/aromatic N) is 2. The van der Waals surface area contributed by atoms with Crippen molar-refractivity contribution in [3.63, 3.8) is 0 Å². The van der Waals surface area contributed by atoms with Crippen molar-refractivity contribution >= 4 is 34.7 Å². The van der Waals surface area contributed by atoms with E-state index >= 15 is 0 Å². The normalized spacial score (nSPS) is 14.0. The Morgan fingerprint density at radius 1 is 1.45 bits per heavy atom. The van der Waals surface area contributed by atoms with Gasteiger partial charge in [0.2, 0.25) is 5.91 Å². The van der Waals surface area contributed by atoms with Crippen LogP contribution in [0.1, 0.15) is 11.1 Å². The van der Waals surface area contributed by atoms with Gasteiger partial charge < -0.3 is 10.2 Å². The topological polar surface area (TPSA) is 73.2 Å². The van der Waals surface area contributed by atoms with Crippen LogP contribution in [0.4, 0.5) is 4.79 Å². The van der Waals surface area contributed by atoms with Crippen LogP contribution in [0.3, 0.4) is 0 Å². The van der Waals surface area contributed by atoms with Gasteiger partial charge in [0.1, 0.15) is 6.54 Å². The standard InChI is InChI=1S/C15H17N3O2S2/c16-9-12-3-1-2-4-13(12)11-21-7-5-17-14(19)10-18-6-8-22-15(18)20/h1-4H,5-8,10-11H2,(H,17,19). The van der Waals surface area contributed by atoms with Gasteiger partial charge in [0.15, 0.2) is 0 Å². The number of amides is 2. The Kier molecular flexibility index (Phi) is 6.62. The summed E-state index contributed by atoms with van der Waals surface area (Å²) < 4.78 is 0. The molecular formula is C15H17N3O2S2. The zero-order valence-corrected chi connectivity index (χ0v) is 13.7. The smallest absolute Gasteiger partial charge is 0.282 e. The van der Waals surface area contributed by atoms with Crippen LogP contribution in [0.15, 0.2) is 24.3 Å². The molecule has 5 nitrogen and oxygen atoms in total. The third-order valence-corrected chi connectivity index (χ3v) is 5.04. The van der Waals surface area contributed by atoms with Gasteiger partial charge in [0.25, 0.3) is 5.24 Å². The number of thioether (sulfide) groups is 2. The van der Waals surface area contributed by atoms with Gasteiger partial charge in [0.05, 0.1) is 11.6 Å². The van der Waals surface area contributed by atoms with Crippen molar-refractivity contribution < 1.29 is 9.59 Å². The van der Waals surface area contributed by atoms with Crippen LogP contribution < -0.4 is 5.32 Å². The van der Waals surface area contributed by atoms with Crippen LogP contribution >= 0.6 is 23.5 Å². The second kappa shape index (κ2) is 8.71. The number of hydrogen-bond acceptors (Lipinski definition) is 5. The van der Waals surface area contributed by atoms with Crippen molar-refractivity contribution in [3.8, 4) is 6.07 Å². The molecule has 1 aromatic rings. The summed E-state index contributed by atoms with van der Waals surface area (Å²) in [6.45, 7) is 1.36. The van der Waals surface area contributed by atoms with Crippen molar-refractivity contribution in [2.75, 3.05) is 31.1 Å². The third kappa shape index (κ3) is 4.97. The van der Waals surface area contributed by atoms with Gasteiger partial charge in [-0.05, 0) is 11.6 Å². The van der Waals surface area contributed by atoms with E-state index in [1.165, 1.54) is 11.8 Å². The van der Waals surface area contributed by atoms with Crippen molar-refractivity contribution in [1.82, 2.24) is 10.2 Å². The molecule has 1 aliphatic rings. The lowest BCUT2D eigenvalue weighted by Crippen LogP contribution is -2.38. The second-order valence-corrected chi connectivity index (χ2v) is 6.86. The molecule has 0 spiro atoms. The summed E-state index contributed by atoms with van der Waals surface area (Å²) in [5.41, 5.74) is 1.71. The fourth-order valence-corrected chi connectivity index (χ4v) is 3.69. The third-order valence-electron chi connectivity index (χ3n) is 3.14. The monoisotopic (exact) mass is 335 g/mol. The molecule has 22 heavy (non-hydrogen) atoms. The number of carbonyl (C=O) groups excluding carboxylic acids is 2. The summed E-state index contributed by atoms with van der Waals surface area (Å²) in [4.78, 5) is 24.7. The van der Waals surface area contributed by atoms with E-state index in [-0.39, 0.29) is 17.7 Å². The summed E-state index contributed by atoms with van der Waals surface area (Å²) >= 11 is 2.93. The Morgan fingerprint density at radius 3 is 3.00 bits per heavy atom. The minimum absolute atomic E-state index is 0.0161. The zero-order valence-electron chi connectivity index (χ0n) is 12.1. The van der Waals surface area contributed by atoms with E-state index in [0.29, 0.717) is 18.7 Å². The van der Waals surface area contributed by atoms with Crippen LogP contribution in [0.2, 0.25) is 0 Å². The number of rotatable bonds is 7. The van der Waals surface area contributed by atoms with E-state index in [4.69, 9.17) is 5.26 Å². The number of nitrogens with one attached hydrogen (secondary N) is 1. The fourth-order valence-electron chi connectivity index (χ4n) is 2.00. The fraction of sp³-hybridized carbons (Fsp3) is 0.400. The molecule has 0 bridgehead atoms. The molecule has 1 aromatic carbocycles. The van der Waals surface area contributed by atoms with E-state index in [2.05, 4.69) is 11.4 Å². The van der Waals surface area contributed by atoms with Crippen LogP contribution in [0, 0.1) is 11.3 Å². The molecule has 2 rings (SSSR count). The number of carbonyl (C=O) groups is 2. The molecule has 0 radical (unpaired) electrons. The highest BCUT2D eigenvalue weighted by Crippen LogP contribution is 2.17. The Balaban J connectivity index is 1.62. The van der Waals surface area contributed by atoms with E-state index < -0.39 is 0 Å². The van der Waals surface area contributed by atoms with E-state index in [1.807, 2.05) is 24.3 Å². The van der Waals surface area contributed by atoms with Crippen molar-refractivity contribution in [1.29, 1.82) is 5.26 Å². The highest BCUT2D eigenvalue weighted by atomic mass is 32.2. The molecule has 1 aliphatic heterocycles. The highest BCUT2D eigenvalue weighted by Gasteiger charge is 2.22. The molecule has 0 aliphatic carbocycles. The van der Waals surface area contributed by atoms with Gasteiger partial charge >= 0.3 is 0 Å². The van der Waals surface area contributed by atoms with Crippen molar-refractivity contribution in [2.45, 2.75) is 5.75 Å². The molecule has 0 atom stereocenters. The van der Waals surface area contributed by atoms with Crippen molar-refractivity contribution in [3.05, 3.63) is 35.4 Å². The van der Waals surface area contributed by atoms with Crippen LogP contribution in [0.25, 0.3) is 0 Å². The summed E-state index contributed by atoms with van der Waals surface area (Å²) in [5, 5.41) is 11.8. The highest BCUT2D eigenvalue weighted by molar-refractivity contribution is 8.13. The first-order valence-corrected chi connectivity index (χ1v) is 9.09. The molecule has 1 N–H and O–H groups in total. The first-order valence-electron chi connectivity index (χ1n) is 6.95. The van der Waals surface area contributed by atoms with Gasteiger partial charge in [-0.3, -0.25) is 9.59 Å². The van der Waals surface area contributed by atoms with Crippen LogP contribution in [-0.4, -0.2) is 47.2 Å². The largest absolute Gasteiger partial charge is 0.354 e. The average molecular weight is 335 g/mol. The average Bonchev–Trinajstić information content (AvgIpc) is 2.92. The predicted octanol–water partition coefficient (Wildman–Crippen LogP) is 2.08.